The highest BCUT2D eigenvalue weighted by Gasteiger charge is 2.12. The van der Waals surface area contributed by atoms with Crippen LogP contribution >= 0.6 is 0 Å². The van der Waals surface area contributed by atoms with Gasteiger partial charge in [-0.15, -0.1) is 0 Å². The Morgan fingerprint density at radius 2 is 1.19 bits per heavy atom. The van der Waals surface area contributed by atoms with E-state index in [9.17, 15) is 9.59 Å². The first-order valence-electron chi connectivity index (χ1n) is 11.2. The number of benzene rings is 2. The zero-order valence-corrected chi connectivity index (χ0v) is 19.2. The minimum atomic E-state index is -0.311. The zero-order chi connectivity index (χ0) is 23.1. The molecule has 0 saturated heterocycles. The number of nitrogens with one attached hydrogen (secondary N) is 2. The van der Waals surface area contributed by atoms with Gasteiger partial charge in [-0.2, -0.15) is 0 Å². The van der Waals surface area contributed by atoms with E-state index in [1.165, 1.54) is 17.3 Å². The molecule has 5 heteroatoms. The van der Waals surface area contributed by atoms with Crippen molar-refractivity contribution < 1.29 is 9.59 Å². The van der Waals surface area contributed by atoms with Crippen molar-refractivity contribution >= 4 is 23.2 Å². The molecule has 32 heavy (non-hydrogen) atoms. The standard InChI is InChI=1S/C27H31N3O2/c1-5-18(3)20-7-12-23(13-8-20)29-26(31)22-11-16-25(28-17-22)27(32)30-24-14-9-21(10-15-24)19(4)6-2/h7-19H,5-6H2,1-4H3,(H,29,31)(H,30,32)/t18-,19-/m0/s1. The van der Waals surface area contributed by atoms with Crippen LogP contribution in [0, 0.1) is 0 Å². The third-order valence-electron chi connectivity index (χ3n) is 5.96. The molecule has 1 aromatic heterocycles. The van der Waals surface area contributed by atoms with Crippen molar-refractivity contribution in [3.63, 3.8) is 0 Å². The molecule has 0 aliphatic rings. The van der Waals surface area contributed by atoms with Crippen LogP contribution < -0.4 is 10.6 Å². The molecule has 2 aromatic carbocycles. The van der Waals surface area contributed by atoms with Crippen LogP contribution in [0.4, 0.5) is 11.4 Å². The number of aromatic nitrogens is 1. The molecule has 2 amide bonds. The molecule has 0 spiro atoms. The summed E-state index contributed by atoms with van der Waals surface area (Å²) < 4.78 is 0. The van der Waals surface area contributed by atoms with Crippen molar-refractivity contribution in [3.05, 3.63) is 89.2 Å². The third-order valence-corrected chi connectivity index (χ3v) is 5.96. The van der Waals surface area contributed by atoms with E-state index in [0.29, 0.717) is 23.1 Å². The lowest BCUT2D eigenvalue weighted by atomic mass is 9.98. The fraction of sp³-hybridized carbons (Fsp3) is 0.296. The Bertz CT molecular complexity index is 955. The van der Waals surface area contributed by atoms with Crippen molar-refractivity contribution in [1.29, 1.82) is 0 Å². The van der Waals surface area contributed by atoms with Gasteiger partial charge in [0.1, 0.15) is 5.69 Å². The number of carbonyl (C=O) groups is 2. The van der Waals surface area contributed by atoms with Crippen LogP contribution in [0.2, 0.25) is 0 Å². The summed E-state index contributed by atoms with van der Waals surface area (Å²) in [5, 5.41) is 5.72. The highest BCUT2D eigenvalue weighted by molar-refractivity contribution is 6.06. The molecule has 3 aromatic rings. The SMILES string of the molecule is CC[C@H](C)c1ccc(NC(=O)c2ccc(C(=O)Nc3ccc([C@@H](C)CC)cc3)nc2)cc1. The maximum Gasteiger partial charge on any atom is 0.274 e. The lowest BCUT2D eigenvalue weighted by Crippen LogP contribution is -2.16. The number of pyridine rings is 1. The molecule has 0 radical (unpaired) electrons. The molecule has 166 valence electrons. The van der Waals surface area contributed by atoms with Crippen molar-refractivity contribution in [3.8, 4) is 0 Å². The largest absolute Gasteiger partial charge is 0.322 e. The molecular weight excluding hydrogens is 398 g/mol. The quantitative estimate of drug-likeness (QED) is 0.423. The van der Waals surface area contributed by atoms with Gasteiger partial charge >= 0.3 is 0 Å². The van der Waals surface area contributed by atoms with E-state index in [1.54, 1.807) is 12.1 Å². The molecule has 1 heterocycles. The van der Waals surface area contributed by atoms with Crippen LogP contribution in [-0.4, -0.2) is 16.8 Å². The molecule has 0 aliphatic carbocycles. The zero-order valence-electron chi connectivity index (χ0n) is 19.2. The summed E-state index contributed by atoms with van der Waals surface area (Å²) in [6, 6.07) is 18.9. The maximum absolute atomic E-state index is 12.5. The van der Waals surface area contributed by atoms with Crippen LogP contribution in [0.15, 0.2) is 66.9 Å². The van der Waals surface area contributed by atoms with Gasteiger partial charge in [-0.05, 0) is 72.2 Å². The highest BCUT2D eigenvalue weighted by Crippen LogP contribution is 2.22. The van der Waals surface area contributed by atoms with Gasteiger partial charge in [0, 0.05) is 17.6 Å². The minimum Gasteiger partial charge on any atom is -0.322 e. The van der Waals surface area contributed by atoms with Crippen molar-refractivity contribution in [2.24, 2.45) is 0 Å². The number of anilines is 2. The second-order valence-electron chi connectivity index (χ2n) is 8.20. The van der Waals surface area contributed by atoms with E-state index in [0.717, 1.165) is 18.5 Å². The van der Waals surface area contributed by atoms with Crippen LogP contribution in [0.3, 0.4) is 0 Å². The lowest BCUT2D eigenvalue weighted by Gasteiger charge is -2.11. The summed E-state index contributed by atoms with van der Waals surface area (Å²) in [5.41, 5.74) is 4.58. The van der Waals surface area contributed by atoms with Gasteiger partial charge in [0.05, 0.1) is 5.56 Å². The third kappa shape index (κ3) is 5.82. The van der Waals surface area contributed by atoms with Crippen LogP contribution in [0.25, 0.3) is 0 Å². The smallest absolute Gasteiger partial charge is 0.274 e. The van der Waals surface area contributed by atoms with Crippen LogP contribution in [-0.2, 0) is 0 Å². The Hall–Kier alpha value is -3.47. The van der Waals surface area contributed by atoms with Gasteiger partial charge in [-0.3, -0.25) is 14.6 Å². The minimum absolute atomic E-state index is 0.255. The van der Waals surface area contributed by atoms with Gasteiger partial charge in [0.15, 0.2) is 0 Å². The number of hydrogen-bond acceptors (Lipinski definition) is 3. The average Bonchev–Trinajstić information content (AvgIpc) is 2.84. The van der Waals surface area contributed by atoms with E-state index in [1.807, 2.05) is 48.5 Å². The van der Waals surface area contributed by atoms with E-state index >= 15 is 0 Å². The van der Waals surface area contributed by atoms with Crippen molar-refractivity contribution in [2.75, 3.05) is 10.6 Å². The molecule has 3 rings (SSSR count). The van der Waals surface area contributed by atoms with Gasteiger partial charge in [0.2, 0.25) is 0 Å². The summed E-state index contributed by atoms with van der Waals surface area (Å²) in [4.78, 5) is 29.2. The fourth-order valence-electron chi connectivity index (χ4n) is 3.32. The van der Waals surface area contributed by atoms with E-state index in [2.05, 4.69) is 43.3 Å². The van der Waals surface area contributed by atoms with Gasteiger partial charge in [-0.25, -0.2) is 0 Å². The van der Waals surface area contributed by atoms with E-state index in [4.69, 9.17) is 0 Å². The molecule has 2 atom stereocenters. The maximum atomic E-state index is 12.5. The molecule has 0 bridgehead atoms. The second-order valence-corrected chi connectivity index (χ2v) is 8.20. The number of hydrogen-bond donors (Lipinski definition) is 2. The Morgan fingerprint density at radius 3 is 1.59 bits per heavy atom. The summed E-state index contributed by atoms with van der Waals surface area (Å²) in [5.74, 6) is 0.397. The van der Waals surface area contributed by atoms with Gasteiger partial charge in [0.25, 0.3) is 11.8 Å². The predicted molar refractivity (Wildman–Crippen MR) is 130 cm³/mol. The molecule has 0 aliphatic heterocycles. The fourth-order valence-corrected chi connectivity index (χ4v) is 3.32. The lowest BCUT2D eigenvalue weighted by molar-refractivity contribution is 0.101. The number of amides is 2. The van der Waals surface area contributed by atoms with Gasteiger partial charge in [-0.1, -0.05) is 52.0 Å². The number of carbonyl (C=O) groups excluding carboxylic acids is 2. The highest BCUT2D eigenvalue weighted by atomic mass is 16.2. The van der Waals surface area contributed by atoms with Crippen LogP contribution in [0.5, 0.6) is 0 Å². The Balaban J connectivity index is 1.60. The Morgan fingerprint density at radius 1 is 0.719 bits per heavy atom. The predicted octanol–water partition coefficient (Wildman–Crippen LogP) is 6.61. The monoisotopic (exact) mass is 429 g/mol. The molecule has 2 N–H and O–H groups in total. The summed E-state index contributed by atoms with van der Waals surface area (Å²) in [6.07, 6.45) is 3.56. The topological polar surface area (TPSA) is 71.1 Å². The Kier molecular flexibility index (Phi) is 7.77. The first-order chi connectivity index (χ1) is 15.4. The molecule has 0 fully saturated rings. The summed E-state index contributed by atoms with van der Waals surface area (Å²) in [6.45, 7) is 8.66. The molecular formula is C27H31N3O2. The molecule has 0 unspecified atom stereocenters. The van der Waals surface area contributed by atoms with E-state index < -0.39 is 0 Å². The van der Waals surface area contributed by atoms with Crippen molar-refractivity contribution in [1.82, 2.24) is 4.98 Å². The van der Waals surface area contributed by atoms with Gasteiger partial charge < -0.3 is 10.6 Å². The first kappa shape index (κ1) is 23.2. The number of nitrogens with zero attached hydrogens (tertiary/aromatic N) is 1. The summed E-state index contributed by atoms with van der Waals surface area (Å²) >= 11 is 0. The Labute approximate surface area is 190 Å². The number of rotatable bonds is 8. The van der Waals surface area contributed by atoms with Crippen LogP contribution in [0.1, 0.15) is 84.3 Å². The normalized spacial score (nSPS) is 12.6. The first-order valence-corrected chi connectivity index (χ1v) is 11.2. The summed E-state index contributed by atoms with van der Waals surface area (Å²) in [7, 11) is 0. The molecule has 0 saturated carbocycles. The molecule has 5 nitrogen and oxygen atoms in total. The van der Waals surface area contributed by atoms with Crippen molar-refractivity contribution in [2.45, 2.75) is 52.4 Å². The second kappa shape index (κ2) is 10.7. The van der Waals surface area contributed by atoms with E-state index in [-0.39, 0.29) is 17.5 Å². The average molecular weight is 430 g/mol.